The van der Waals surface area contributed by atoms with E-state index >= 15 is 0 Å². The molecule has 0 bridgehead atoms. The van der Waals surface area contributed by atoms with E-state index in [4.69, 9.17) is 4.74 Å². The van der Waals surface area contributed by atoms with E-state index in [0.29, 0.717) is 35.2 Å². The van der Waals surface area contributed by atoms with Crippen molar-refractivity contribution in [2.45, 2.75) is 18.2 Å². The molecule has 37 heavy (non-hydrogen) atoms. The lowest BCUT2D eigenvalue weighted by molar-refractivity contribution is -0.384. The summed E-state index contributed by atoms with van der Waals surface area (Å²) in [5.74, 6) is 0.0472. The number of ether oxygens (including phenoxy) is 1. The lowest BCUT2D eigenvalue weighted by atomic mass is 10.1. The highest BCUT2D eigenvalue weighted by Crippen LogP contribution is 2.27. The molecule has 0 unspecified atom stereocenters. The summed E-state index contributed by atoms with van der Waals surface area (Å²) in [6.45, 7) is 2.50. The van der Waals surface area contributed by atoms with Crippen LogP contribution in [0, 0.1) is 17.0 Å². The average molecular weight is 520 g/mol. The Morgan fingerprint density at radius 1 is 1.08 bits per heavy atom. The Morgan fingerprint density at radius 3 is 2.59 bits per heavy atom. The summed E-state index contributed by atoms with van der Waals surface area (Å²) in [6.07, 6.45) is 4.94. The van der Waals surface area contributed by atoms with Crippen molar-refractivity contribution in [1.82, 2.24) is 9.29 Å². The molecule has 0 radical (unpaired) electrons. The molecule has 0 aliphatic carbocycles. The second-order valence-corrected chi connectivity index (χ2v) is 10.1. The van der Waals surface area contributed by atoms with Crippen LogP contribution >= 0.6 is 0 Å². The van der Waals surface area contributed by atoms with Crippen LogP contribution in [-0.4, -0.2) is 36.4 Å². The first-order valence-electron chi connectivity index (χ1n) is 11.5. The Kier molecular flexibility index (Phi) is 7.69. The van der Waals surface area contributed by atoms with Gasteiger partial charge in [-0.25, -0.2) is 12.4 Å². The SMILES string of the molecule is Cc1ccc(S(=O)(=O)n2cc(/C=C/C(=O)NCCCOc3cccc([N+](=O)[O-])c3)c3ccccc32)cc1. The zero-order valence-electron chi connectivity index (χ0n) is 20.0. The van der Waals surface area contributed by atoms with E-state index < -0.39 is 14.9 Å². The largest absolute Gasteiger partial charge is 0.493 e. The molecule has 1 heterocycles. The number of fused-ring (bicyclic) bond motifs is 1. The minimum Gasteiger partial charge on any atom is -0.493 e. The highest BCUT2D eigenvalue weighted by Gasteiger charge is 2.20. The van der Waals surface area contributed by atoms with Crippen LogP contribution in [0.5, 0.6) is 5.75 Å². The maximum absolute atomic E-state index is 13.3. The summed E-state index contributed by atoms with van der Waals surface area (Å²) in [6, 6.07) is 19.6. The number of benzene rings is 3. The van der Waals surface area contributed by atoms with Crippen LogP contribution in [0.3, 0.4) is 0 Å². The number of nitro groups is 1. The Morgan fingerprint density at radius 2 is 1.84 bits per heavy atom. The summed E-state index contributed by atoms with van der Waals surface area (Å²) in [5.41, 5.74) is 2.02. The first kappa shape index (κ1) is 25.6. The van der Waals surface area contributed by atoms with Crippen LogP contribution in [0.1, 0.15) is 17.5 Å². The molecular formula is C27H25N3O6S. The van der Waals surface area contributed by atoms with Gasteiger partial charge in [-0.2, -0.15) is 0 Å². The standard InChI is InChI=1S/C27H25N3O6S/c1-20-10-13-24(14-11-20)37(34,35)29-19-21(25-8-2-3-9-26(25)29)12-15-27(31)28-16-5-17-36-23-7-4-6-22(18-23)30(32)33/h2-4,6-15,18-19H,5,16-17H2,1H3,(H,28,31)/b15-12+. The molecule has 0 atom stereocenters. The number of nitrogens with one attached hydrogen (secondary N) is 1. The number of amides is 1. The third kappa shape index (κ3) is 6.04. The van der Waals surface area contributed by atoms with Gasteiger partial charge >= 0.3 is 0 Å². The zero-order valence-corrected chi connectivity index (χ0v) is 20.9. The van der Waals surface area contributed by atoms with Gasteiger partial charge in [0.15, 0.2) is 0 Å². The number of hydrogen-bond acceptors (Lipinski definition) is 6. The van der Waals surface area contributed by atoms with Crippen LogP contribution in [0.4, 0.5) is 5.69 Å². The maximum atomic E-state index is 13.3. The second kappa shape index (κ2) is 11.1. The van der Waals surface area contributed by atoms with E-state index in [2.05, 4.69) is 5.32 Å². The van der Waals surface area contributed by atoms with Gasteiger partial charge in [0, 0.05) is 35.8 Å². The van der Waals surface area contributed by atoms with Crippen LogP contribution in [0.15, 0.2) is 90.0 Å². The summed E-state index contributed by atoms with van der Waals surface area (Å²) >= 11 is 0. The van der Waals surface area contributed by atoms with E-state index in [0.717, 1.165) is 5.56 Å². The topological polar surface area (TPSA) is 121 Å². The van der Waals surface area contributed by atoms with E-state index in [9.17, 15) is 23.3 Å². The normalized spacial score (nSPS) is 11.6. The Balaban J connectivity index is 1.39. The lowest BCUT2D eigenvalue weighted by Crippen LogP contribution is -2.23. The predicted molar refractivity (Wildman–Crippen MR) is 141 cm³/mol. The Bertz CT molecular complexity index is 1570. The number of para-hydroxylation sites is 1. The molecule has 4 rings (SSSR count). The van der Waals surface area contributed by atoms with E-state index in [1.807, 2.05) is 13.0 Å². The number of nitrogens with zero attached hydrogens (tertiary/aromatic N) is 2. The first-order valence-corrected chi connectivity index (χ1v) is 13.0. The summed E-state index contributed by atoms with van der Waals surface area (Å²) < 4.78 is 33.3. The minimum atomic E-state index is -3.82. The van der Waals surface area contributed by atoms with E-state index in [1.165, 1.54) is 28.4 Å². The molecule has 0 saturated heterocycles. The van der Waals surface area contributed by atoms with E-state index in [-0.39, 0.29) is 23.1 Å². The highest BCUT2D eigenvalue weighted by molar-refractivity contribution is 7.90. The Hall–Kier alpha value is -4.44. The average Bonchev–Trinajstić information content (AvgIpc) is 3.27. The first-order chi connectivity index (χ1) is 17.8. The van der Waals surface area contributed by atoms with Gasteiger partial charge in [0.1, 0.15) is 5.75 Å². The fraction of sp³-hybridized carbons (Fsp3) is 0.148. The van der Waals surface area contributed by atoms with Gasteiger partial charge in [-0.05, 0) is 43.7 Å². The second-order valence-electron chi connectivity index (χ2n) is 8.30. The summed E-state index contributed by atoms with van der Waals surface area (Å²) in [5, 5.41) is 14.3. The molecule has 0 spiro atoms. The van der Waals surface area contributed by atoms with Crippen molar-refractivity contribution in [3.63, 3.8) is 0 Å². The molecule has 9 nitrogen and oxygen atoms in total. The highest BCUT2D eigenvalue weighted by atomic mass is 32.2. The molecule has 0 fully saturated rings. The number of carbonyl (C=O) groups is 1. The maximum Gasteiger partial charge on any atom is 0.273 e. The fourth-order valence-electron chi connectivity index (χ4n) is 3.72. The molecule has 0 aliphatic heterocycles. The van der Waals surface area contributed by atoms with Crippen molar-refractivity contribution >= 4 is 38.6 Å². The number of non-ortho nitro benzene ring substituents is 1. The molecule has 1 N–H and O–H groups in total. The van der Waals surface area contributed by atoms with Gasteiger partial charge in [0.05, 0.1) is 28.0 Å². The molecule has 0 saturated carbocycles. The molecular weight excluding hydrogens is 494 g/mol. The van der Waals surface area contributed by atoms with Crippen LogP contribution in [0.25, 0.3) is 17.0 Å². The number of carbonyl (C=O) groups excluding carboxylic acids is 1. The Labute approximate surface area is 214 Å². The van der Waals surface area contributed by atoms with Gasteiger partial charge in [0.25, 0.3) is 15.7 Å². The van der Waals surface area contributed by atoms with Crippen molar-refractivity contribution < 1.29 is 22.9 Å². The van der Waals surface area contributed by atoms with Crippen molar-refractivity contribution in [1.29, 1.82) is 0 Å². The van der Waals surface area contributed by atoms with Gasteiger partial charge in [0.2, 0.25) is 5.91 Å². The van der Waals surface area contributed by atoms with E-state index in [1.54, 1.807) is 60.7 Å². The van der Waals surface area contributed by atoms with Crippen LogP contribution in [-0.2, 0) is 14.8 Å². The lowest BCUT2D eigenvalue weighted by Gasteiger charge is -2.07. The number of rotatable bonds is 10. The van der Waals surface area contributed by atoms with Crippen LogP contribution < -0.4 is 10.1 Å². The third-order valence-electron chi connectivity index (χ3n) is 5.62. The third-order valence-corrected chi connectivity index (χ3v) is 7.31. The smallest absolute Gasteiger partial charge is 0.273 e. The molecule has 1 aromatic heterocycles. The molecule has 1 amide bonds. The molecule has 0 aliphatic rings. The summed E-state index contributed by atoms with van der Waals surface area (Å²) in [7, 11) is -3.82. The molecule has 190 valence electrons. The van der Waals surface area contributed by atoms with Gasteiger partial charge in [-0.3, -0.25) is 14.9 Å². The number of aromatic nitrogens is 1. The zero-order chi connectivity index (χ0) is 26.4. The van der Waals surface area contributed by atoms with Crippen LogP contribution in [0.2, 0.25) is 0 Å². The molecule has 3 aromatic carbocycles. The summed E-state index contributed by atoms with van der Waals surface area (Å²) in [4.78, 5) is 22.8. The minimum absolute atomic E-state index is 0.0519. The van der Waals surface area contributed by atoms with Crippen molar-refractivity contribution in [3.05, 3.63) is 106 Å². The molecule has 4 aromatic rings. The van der Waals surface area contributed by atoms with Gasteiger partial charge < -0.3 is 10.1 Å². The predicted octanol–water partition coefficient (Wildman–Crippen LogP) is 4.69. The van der Waals surface area contributed by atoms with Crippen molar-refractivity contribution in [3.8, 4) is 5.75 Å². The van der Waals surface area contributed by atoms with Crippen molar-refractivity contribution in [2.24, 2.45) is 0 Å². The number of nitro benzene ring substituents is 1. The van der Waals surface area contributed by atoms with Gasteiger partial charge in [-0.15, -0.1) is 0 Å². The molecule has 10 heteroatoms. The fourth-order valence-corrected chi connectivity index (χ4v) is 5.09. The van der Waals surface area contributed by atoms with Crippen molar-refractivity contribution in [2.75, 3.05) is 13.2 Å². The number of aryl methyl sites for hydroxylation is 1. The monoisotopic (exact) mass is 519 g/mol. The van der Waals surface area contributed by atoms with Gasteiger partial charge in [-0.1, -0.05) is 42.0 Å². The number of hydrogen-bond donors (Lipinski definition) is 1. The quantitative estimate of drug-likeness (QED) is 0.140.